The van der Waals surface area contributed by atoms with Crippen molar-refractivity contribution in [2.75, 3.05) is 0 Å². The molecule has 0 heteroatoms. The van der Waals surface area contributed by atoms with E-state index < -0.39 is 0 Å². The van der Waals surface area contributed by atoms with E-state index in [4.69, 9.17) is 0 Å². The Morgan fingerprint density at radius 3 is 1.95 bits per heavy atom. The van der Waals surface area contributed by atoms with Gasteiger partial charge in [-0.15, -0.1) is 0 Å². The Morgan fingerprint density at radius 1 is 0.737 bits per heavy atom. The van der Waals surface area contributed by atoms with Gasteiger partial charge in [0.05, 0.1) is 0 Å². The summed E-state index contributed by atoms with van der Waals surface area (Å²) in [6.45, 7) is 3.87. The van der Waals surface area contributed by atoms with Crippen LogP contribution in [0.2, 0.25) is 0 Å². The lowest BCUT2D eigenvalue weighted by atomic mass is 10.1. The molecule has 0 nitrogen and oxygen atoms in total. The highest BCUT2D eigenvalue weighted by molar-refractivity contribution is 5.33. The summed E-state index contributed by atoms with van der Waals surface area (Å²) >= 11 is 0. The minimum Gasteiger partial charge on any atom is -0.0979 e. The van der Waals surface area contributed by atoms with Crippen molar-refractivity contribution < 1.29 is 0 Å². The number of rotatable bonds is 9. The summed E-state index contributed by atoms with van der Waals surface area (Å²) in [6, 6.07) is 10.2. The summed E-state index contributed by atoms with van der Waals surface area (Å²) < 4.78 is 0. The molecule has 0 saturated heterocycles. The van der Waals surface area contributed by atoms with Gasteiger partial charge in [-0.1, -0.05) is 88.3 Å². The van der Waals surface area contributed by atoms with E-state index in [1.165, 1.54) is 51.4 Å². The molecule has 1 aromatic rings. The fourth-order valence-corrected chi connectivity index (χ4v) is 2.14. The first-order valence-electron chi connectivity index (χ1n) is 7.76. The Labute approximate surface area is 119 Å². The second-order valence-electron chi connectivity index (χ2n) is 5.10. The van der Waals surface area contributed by atoms with Crippen LogP contribution >= 0.6 is 0 Å². The maximum absolute atomic E-state index is 3.87. The number of unbranched alkanes of at least 4 members (excludes halogenated alkanes) is 9. The van der Waals surface area contributed by atoms with E-state index in [-0.39, 0.29) is 0 Å². The standard InChI is InChI=1S/C19H27/c1-2-3-4-5-6-7-8-9-10-11-13-16-19-17-14-12-15-18-19/h12,14-15,17-18H,1-11H2. The summed E-state index contributed by atoms with van der Waals surface area (Å²) in [5.74, 6) is 6.48. The second kappa shape index (κ2) is 11.8. The summed E-state index contributed by atoms with van der Waals surface area (Å²) in [5, 5.41) is 0. The normalized spacial score (nSPS) is 9.95. The average Bonchev–Trinajstić information content (AvgIpc) is 2.46. The van der Waals surface area contributed by atoms with Crippen molar-refractivity contribution in [1.29, 1.82) is 0 Å². The van der Waals surface area contributed by atoms with Gasteiger partial charge >= 0.3 is 0 Å². The lowest BCUT2D eigenvalue weighted by molar-refractivity contribution is 0.572. The third-order valence-electron chi connectivity index (χ3n) is 3.31. The Hall–Kier alpha value is -1.22. The molecule has 0 aliphatic rings. The summed E-state index contributed by atoms with van der Waals surface area (Å²) in [5.41, 5.74) is 1.13. The van der Waals surface area contributed by atoms with Gasteiger partial charge in [-0.05, 0) is 18.6 Å². The molecule has 0 saturated carbocycles. The molecule has 1 radical (unpaired) electrons. The smallest absolute Gasteiger partial charge is 0.0245 e. The van der Waals surface area contributed by atoms with E-state index in [0.29, 0.717) is 0 Å². The molecule has 0 N–H and O–H groups in total. The molecule has 0 amide bonds. The van der Waals surface area contributed by atoms with Crippen molar-refractivity contribution in [2.45, 2.75) is 64.2 Å². The molecule has 0 aliphatic heterocycles. The topological polar surface area (TPSA) is 0 Å². The van der Waals surface area contributed by atoms with Crippen LogP contribution in [-0.4, -0.2) is 0 Å². The van der Waals surface area contributed by atoms with Crippen LogP contribution in [0.5, 0.6) is 0 Å². The molecular formula is C19H27. The Morgan fingerprint density at radius 2 is 1.32 bits per heavy atom. The molecule has 1 rings (SSSR count). The van der Waals surface area contributed by atoms with Crippen LogP contribution in [-0.2, 0) is 0 Å². The first-order chi connectivity index (χ1) is 9.43. The molecule has 0 aliphatic carbocycles. The maximum atomic E-state index is 3.87. The maximum Gasteiger partial charge on any atom is 0.0245 e. The van der Waals surface area contributed by atoms with E-state index in [1.54, 1.807) is 0 Å². The molecule has 0 bridgehead atoms. The predicted molar refractivity (Wildman–Crippen MR) is 84.8 cm³/mol. The zero-order valence-corrected chi connectivity index (χ0v) is 12.2. The lowest BCUT2D eigenvalue weighted by Gasteiger charge is -2.00. The van der Waals surface area contributed by atoms with Crippen LogP contribution < -0.4 is 0 Å². The zero-order valence-electron chi connectivity index (χ0n) is 12.2. The number of benzene rings is 1. The summed E-state index contributed by atoms with van der Waals surface area (Å²) in [4.78, 5) is 0. The molecular weight excluding hydrogens is 228 g/mol. The Bertz CT molecular complexity index is 353. The predicted octanol–water partition coefficient (Wildman–Crippen LogP) is 5.77. The van der Waals surface area contributed by atoms with Gasteiger partial charge in [-0.25, -0.2) is 0 Å². The van der Waals surface area contributed by atoms with Gasteiger partial charge in [0.2, 0.25) is 0 Å². The van der Waals surface area contributed by atoms with E-state index in [9.17, 15) is 0 Å². The van der Waals surface area contributed by atoms with Crippen molar-refractivity contribution in [3.8, 4) is 11.8 Å². The highest BCUT2D eigenvalue weighted by Crippen LogP contribution is 2.10. The van der Waals surface area contributed by atoms with Crippen LogP contribution in [0.15, 0.2) is 30.3 Å². The SMILES string of the molecule is [CH2]CCCCCCCCCCC#Cc1ccccc1. The van der Waals surface area contributed by atoms with Gasteiger partial charge in [0.1, 0.15) is 0 Å². The van der Waals surface area contributed by atoms with Crippen molar-refractivity contribution in [1.82, 2.24) is 0 Å². The number of hydrogen-bond acceptors (Lipinski definition) is 0. The number of hydrogen-bond donors (Lipinski definition) is 0. The average molecular weight is 255 g/mol. The second-order valence-corrected chi connectivity index (χ2v) is 5.10. The van der Waals surface area contributed by atoms with Crippen molar-refractivity contribution in [3.05, 3.63) is 42.8 Å². The minimum atomic E-state index is 1.04. The molecule has 0 fully saturated rings. The first-order valence-corrected chi connectivity index (χ1v) is 7.76. The van der Waals surface area contributed by atoms with E-state index in [0.717, 1.165) is 18.4 Å². The van der Waals surface area contributed by atoms with E-state index >= 15 is 0 Å². The highest BCUT2D eigenvalue weighted by atomic mass is 14.0. The quantitative estimate of drug-likeness (QED) is 0.388. The van der Waals surface area contributed by atoms with Gasteiger partial charge in [-0.3, -0.25) is 0 Å². The van der Waals surface area contributed by atoms with Crippen molar-refractivity contribution >= 4 is 0 Å². The van der Waals surface area contributed by atoms with Crippen LogP contribution in [0.3, 0.4) is 0 Å². The Kier molecular flexibility index (Phi) is 9.87. The van der Waals surface area contributed by atoms with Gasteiger partial charge in [0, 0.05) is 12.0 Å². The third-order valence-corrected chi connectivity index (χ3v) is 3.31. The van der Waals surface area contributed by atoms with Crippen LogP contribution in [0.1, 0.15) is 69.8 Å². The summed E-state index contributed by atoms with van der Waals surface area (Å²) in [6.07, 6.45) is 12.9. The molecule has 19 heavy (non-hydrogen) atoms. The van der Waals surface area contributed by atoms with E-state index in [2.05, 4.69) is 30.9 Å². The fraction of sp³-hybridized carbons (Fsp3) is 0.526. The highest BCUT2D eigenvalue weighted by Gasteiger charge is 1.91. The van der Waals surface area contributed by atoms with Crippen molar-refractivity contribution in [3.63, 3.8) is 0 Å². The molecule has 0 spiro atoms. The largest absolute Gasteiger partial charge is 0.0979 e. The molecule has 0 unspecified atom stereocenters. The van der Waals surface area contributed by atoms with Gasteiger partial charge in [0.25, 0.3) is 0 Å². The minimum absolute atomic E-state index is 1.04. The first kappa shape index (κ1) is 15.8. The van der Waals surface area contributed by atoms with Crippen LogP contribution in [0.4, 0.5) is 0 Å². The van der Waals surface area contributed by atoms with Gasteiger partial charge < -0.3 is 0 Å². The van der Waals surface area contributed by atoms with Crippen LogP contribution in [0.25, 0.3) is 0 Å². The van der Waals surface area contributed by atoms with Crippen molar-refractivity contribution in [2.24, 2.45) is 0 Å². The summed E-state index contributed by atoms with van der Waals surface area (Å²) in [7, 11) is 0. The lowest BCUT2D eigenvalue weighted by Crippen LogP contribution is -1.81. The van der Waals surface area contributed by atoms with Crippen LogP contribution in [0, 0.1) is 18.8 Å². The van der Waals surface area contributed by atoms with Gasteiger partial charge in [0.15, 0.2) is 0 Å². The molecule has 1 aromatic carbocycles. The van der Waals surface area contributed by atoms with Gasteiger partial charge in [-0.2, -0.15) is 0 Å². The molecule has 0 aromatic heterocycles. The Balaban J connectivity index is 1.90. The monoisotopic (exact) mass is 255 g/mol. The molecule has 0 atom stereocenters. The fourth-order valence-electron chi connectivity index (χ4n) is 2.14. The van der Waals surface area contributed by atoms with E-state index in [1.807, 2.05) is 18.2 Å². The third kappa shape index (κ3) is 9.37. The molecule has 0 heterocycles. The molecule has 103 valence electrons. The zero-order chi connectivity index (χ0) is 13.6.